The molecule has 2 saturated heterocycles. The number of thioether (sulfide) groups is 1. The molecular formula is C15H17N3O3S2. The van der Waals surface area contributed by atoms with Gasteiger partial charge in [0.1, 0.15) is 16.6 Å². The molecule has 3 heterocycles. The van der Waals surface area contributed by atoms with Crippen LogP contribution in [0, 0.1) is 0 Å². The smallest absolute Gasteiger partial charge is 0.266 e. The lowest BCUT2D eigenvalue weighted by atomic mass is 10.3. The highest BCUT2D eigenvalue weighted by molar-refractivity contribution is 8.26. The monoisotopic (exact) mass is 351 g/mol. The topological polar surface area (TPSA) is 57.0 Å². The first-order valence-electron chi connectivity index (χ1n) is 7.30. The lowest BCUT2D eigenvalue weighted by Gasteiger charge is -2.33. The van der Waals surface area contributed by atoms with Gasteiger partial charge in [0.2, 0.25) is 5.91 Å². The number of carbonyl (C=O) groups is 2. The number of carbonyl (C=O) groups excluding carboxylic acids is 2. The molecule has 8 heteroatoms. The molecule has 0 unspecified atom stereocenters. The van der Waals surface area contributed by atoms with Crippen LogP contribution in [0.1, 0.15) is 5.76 Å². The van der Waals surface area contributed by atoms with E-state index < -0.39 is 0 Å². The Morgan fingerprint density at radius 3 is 2.78 bits per heavy atom. The number of hydrogen-bond acceptors (Lipinski definition) is 6. The Hall–Kier alpha value is -1.64. The van der Waals surface area contributed by atoms with Crippen LogP contribution in [0.4, 0.5) is 0 Å². The van der Waals surface area contributed by atoms with E-state index in [9.17, 15) is 9.59 Å². The minimum absolute atomic E-state index is 0.00384. The van der Waals surface area contributed by atoms with Gasteiger partial charge in [-0.3, -0.25) is 14.5 Å². The van der Waals surface area contributed by atoms with E-state index in [4.69, 9.17) is 16.6 Å². The summed E-state index contributed by atoms with van der Waals surface area (Å²) in [6.07, 6.45) is 3.20. The average Bonchev–Trinajstić information content (AvgIpc) is 3.12. The second-order valence-electron chi connectivity index (χ2n) is 5.47. The number of thiocarbonyl (C=S) groups is 1. The van der Waals surface area contributed by atoms with E-state index in [2.05, 4.69) is 4.90 Å². The molecule has 1 aromatic heterocycles. The van der Waals surface area contributed by atoms with Crippen molar-refractivity contribution in [3.05, 3.63) is 29.1 Å². The van der Waals surface area contributed by atoms with E-state index in [-0.39, 0.29) is 18.4 Å². The zero-order chi connectivity index (χ0) is 16.4. The Bertz CT molecular complexity index is 649. The van der Waals surface area contributed by atoms with Crippen LogP contribution in [0.2, 0.25) is 0 Å². The summed E-state index contributed by atoms with van der Waals surface area (Å²) in [5, 5.41) is 0. The van der Waals surface area contributed by atoms with Crippen molar-refractivity contribution >= 4 is 46.2 Å². The standard InChI is InChI=1S/C15H17N3O3S2/c1-16-4-6-17(7-5-16)13(19)10-18-14(20)12(23-15(18)22)9-11-3-2-8-21-11/h2-3,8-9H,4-7,10H2,1H3/b12-9+. The number of amides is 2. The highest BCUT2D eigenvalue weighted by atomic mass is 32.2. The quantitative estimate of drug-likeness (QED) is 0.604. The Labute approximate surface area is 144 Å². The Morgan fingerprint density at radius 1 is 1.39 bits per heavy atom. The zero-order valence-electron chi connectivity index (χ0n) is 12.7. The van der Waals surface area contributed by atoms with E-state index in [0.717, 1.165) is 13.1 Å². The summed E-state index contributed by atoms with van der Waals surface area (Å²) >= 11 is 6.45. The SMILES string of the molecule is CN1CCN(C(=O)CN2C(=O)/C(=C\c3ccco3)SC2=S)CC1. The molecule has 122 valence electrons. The van der Waals surface area contributed by atoms with Gasteiger partial charge in [0.15, 0.2) is 0 Å². The highest BCUT2D eigenvalue weighted by Crippen LogP contribution is 2.32. The third-order valence-corrected chi connectivity index (χ3v) is 5.22. The van der Waals surface area contributed by atoms with Crippen LogP contribution in [-0.4, -0.2) is 70.6 Å². The summed E-state index contributed by atoms with van der Waals surface area (Å²) in [7, 11) is 2.03. The second-order valence-corrected chi connectivity index (χ2v) is 7.14. The summed E-state index contributed by atoms with van der Waals surface area (Å²) in [5.41, 5.74) is 0. The molecule has 0 atom stereocenters. The van der Waals surface area contributed by atoms with Gasteiger partial charge in [-0.25, -0.2) is 0 Å². The fourth-order valence-corrected chi connectivity index (χ4v) is 3.67. The molecule has 2 amide bonds. The van der Waals surface area contributed by atoms with Gasteiger partial charge in [-0.15, -0.1) is 0 Å². The van der Waals surface area contributed by atoms with Gasteiger partial charge < -0.3 is 14.2 Å². The van der Waals surface area contributed by atoms with Gasteiger partial charge in [0.05, 0.1) is 11.2 Å². The molecule has 2 aliphatic heterocycles. The Morgan fingerprint density at radius 2 is 2.13 bits per heavy atom. The van der Waals surface area contributed by atoms with Crippen molar-refractivity contribution in [2.24, 2.45) is 0 Å². The van der Waals surface area contributed by atoms with Gasteiger partial charge in [-0.2, -0.15) is 0 Å². The molecule has 23 heavy (non-hydrogen) atoms. The first-order valence-corrected chi connectivity index (χ1v) is 8.52. The molecule has 2 aliphatic rings. The van der Waals surface area contributed by atoms with Crippen LogP contribution < -0.4 is 0 Å². The minimum atomic E-state index is -0.237. The maximum atomic E-state index is 12.4. The molecule has 0 bridgehead atoms. The van der Waals surface area contributed by atoms with Gasteiger partial charge in [-0.05, 0) is 19.2 Å². The molecule has 0 N–H and O–H groups in total. The lowest BCUT2D eigenvalue weighted by Crippen LogP contribution is -2.50. The summed E-state index contributed by atoms with van der Waals surface area (Å²) in [6.45, 7) is 3.08. The normalized spacial score (nSPS) is 21.5. The fraction of sp³-hybridized carbons (Fsp3) is 0.400. The summed E-state index contributed by atoms with van der Waals surface area (Å²) in [6, 6.07) is 3.52. The van der Waals surface area contributed by atoms with Gasteiger partial charge in [-0.1, -0.05) is 24.0 Å². The van der Waals surface area contributed by atoms with E-state index in [1.807, 2.05) is 7.05 Å². The number of piperazine rings is 1. The molecule has 0 radical (unpaired) electrons. The van der Waals surface area contributed by atoms with Crippen molar-refractivity contribution in [2.75, 3.05) is 39.8 Å². The van der Waals surface area contributed by atoms with Crippen LogP contribution in [0.15, 0.2) is 27.7 Å². The second kappa shape index (κ2) is 6.86. The number of likely N-dealkylation sites (N-methyl/N-ethyl adjacent to an activating group) is 1. The third kappa shape index (κ3) is 3.65. The van der Waals surface area contributed by atoms with Crippen molar-refractivity contribution in [3.8, 4) is 0 Å². The van der Waals surface area contributed by atoms with Crippen molar-refractivity contribution < 1.29 is 14.0 Å². The van der Waals surface area contributed by atoms with E-state index in [1.165, 1.54) is 16.7 Å². The van der Waals surface area contributed by atoms with Crippen LogP contribution in [-0.2, 0) is 9.59 Å². The third-order valence-electron chi connectivity index (χ3n) is 3.84. The molecule has 0 aromatic carbocycles. The van der Waals surface area contributed by atoms with Crippen LogP contribution in [0.25, 0.3) is 6.08 Å². The maximum absolute atomic E-state index is 12.4. The van der Waals surface area contributed by atoms with E-state index in [1.54, 1.807) is 29.4 Å². The molecule has 0 aliphatic carbocycles. The molecule has 2 fully saturated rings. The largest absolute Gasteiger partial charge is 0.465 e. The van der Waals surface area contributed by atoms with Crippen molar-refractivity contribution in [1.29, 1.82) is 0 Å². The van der Waals surface area contributed by atoms with Crippen LogP contribution in [0.3, 0.4) is 0 Å². The summed E-state index contributed by atoms with van der Waals surface area (Å²) in [5.74, 6) is 0.295. The first kappa shape index (κ1) is 16.2. The van der Waals surface area contributed by atoms with Crippen molar-refractivity contribution in [1.82, 2.24) is 14.7 Å². The predicted molar refractivity (Wildman–Crippen MR) is 92.7 cm³/mol. The average molecular weight is 351 g/mol. The van der Waals surface area contributed by atoms with Crippen LogP contribution >= 0.6 is 24.0 Å². The Kier molecular flexibility index (Phi) is 4.84. The fourth-order valence-electron chi connectivity index (χ4n) is 2.43. The van der Waals surface area contributed by atoms with Gasteiger partial charge >= 0.3 is 0 Å². The molecule has 3 rings (SSSR count). The Balaban J connectivity index is 1.65. The first-order chi connectivity index (χ1) is 11.0. The zero-order valence-corrected chi connectivity index (χ0v) is 14.4. The summed E-state index contributed by atoms with van der Waals surface area (Å²) in [4.78, 5) is 30.6. The summed E-state index contributed by atoms with van der Waals surface area (Å²) < 4.78 is 5.63. The van der Waals surface area contributed by atoms with E-state index in [0.29, 0.717) is 28.1 Å². The van der Waals surface area contributed by atoms with E-state index >= 15 is 0 Å². The van der Waals surface area contributed by atoms with Crippen molar-refractivity contribution in [2.45, 2.75) is 0 Å². The predicted octanol–water partition coefficient (Wildman–Crippen LogP) is 1.25. The molecule has 6 nitrogen and oxygen atoms in total. The van der Waals surface area contributed by atoms with Gasteiger partial charge in [0, 0.05) is 32.3 Å². The number of furan rings is 1. The number of nitrogens with zero attached hydrogens (tertiary/aromatic N) is 3. The maximum Gasteiger partial charge on any atom is 0.266 e. The number of hydrogen-bond donors (Lipinski definition) is 0. The number of rotatable bonds is 3. The van der Waals surface area contributed by atoms with Crippen LogP contribution in [0.5, 0.6) is 0 Å². The molecule has 0 spiro atoms. The van der Waals surface area contributed by atoms with Gasteiger partial charge in [0.25, 0.3) is 5.91 Å². The molecular weight excluding hydrogens is 334 g/mol. The molecule has 0 saturated carbocycles. The molecule has 1 aromatic rings. The highest BCUT2D eigenvalue weighted by Gasteiger charge is 2.34. The lowest BCUT2D eigenvalue weighted by molar-refractivity contribution is -0.136. The minimum Gasteiger partial charge on any atom is -0.465 e. The van der Waals surface area contributed by atoms with Crippen molar-refractivity contribution in [3.63, 3.8) is 0 Å².